The third-order valence-electron chi connectivity index (χ3n) is 6.61. The summed E-state index contributed by atoms with van der Waals surface area (Å²) in [6.45, 7) is 2.07. The Bertz CT molecular complexity index is 785. The molecule has 150 valence electrons. The van der Waals surface area contributed by atoms with Crippen LogP contribution in [0.3, 0.4) is 0 Å². The molecule has 2 saturated carbocycles. The molecule has 28 heavy (non-hydrogen) atoms. The molecule has 5 heteroatoms. The molecule has 0 radical (unpaired) electrons. The highest BCUT2D eigenvalue weighted by molar-refractivity contribution is 8.04. The second-order valence-electron chi connectivity index (χ2n) is 8.50. The van der Waals surface area contributed by atoms with Crippen LogP contribution in [0.4, 0.5) is 0 Å². The van der Waals surface area contributed by atoms with Gasteiger partial charge in [-0.25, -0.2) is 0 Å². The van der Waals surface area contributed by atoms with E-state index in [9.17, 15) is 9.59 Å². The Balaban J connectivity index is 1.44. The predicted molar refractivity (Wildman–Crippen MR) is 115 cm³/mol. The molecule has 0 spiro atoms. The average molecular weight is 399 g/mol. The van der Waals surface area contributed by atoms with Crippen LogP contribution in [0.2, 0.25) is 0 Å². The summed E-state index contributed by atoms with van der Waals surface area (Å²) in [6, 6.07) is 8.69. The summed E-state index contributed by atoms with van der Waals surface area (Å²) in [6.07, 6.45) is 9.42. The van der Waals surface area contributed by atoms with E-state index in [2.05, 4.69) is 24.4 Å². The number of rotatable bonds is 3. The molecule has 1 heterocycles. The molecule has 4 rings (SSSR count). The smallest absolute Gasteiger partial charge is 0.260 e. The number of nitrogens with one attached hydrogen (secondary N) is 1. The van der Waals surface area contributed by atoms with E-state index in [-0.39, 0.29) is 23.8 Å². The fourth-order valence-corrected chi connectivity index (χ4v) is 6.29. The van der Waals surface area contributed by atoms with Crippen molar-refractivity contribution in [3.63, 3.8) is 0 Å². The fraction of sp³-hybridized carbons (Fsp3) is 0.565. The number of fused-ring (bicyclic) bond motifs is 1. The molecule has 2 amide bonds. The number of benzene rings is 1. The molecular weight excluding hydrogens is 368 g/mol. The van der Waals surface area contributed by atoms with Crippen LogP contribution in [0, 0.1) is 12.8 Å². The number of aryl methyl sites for hydroxylation is 1. The number of hydrogen-bond donors (Lipinski definition) is 1. The highest BCUT2D eigenvalue weighted by Gasteiger charge is 2.43. The summed E-state index contributed by atoms with van der Waals surface area (Å²) in [4.78, 5) is 28.4. The van der Waals surface area contributed by atoms with E-state index < -0.39 is 0 Å². The van der Waals surface area contributed by atoms with Gasteiger partial charge in [0, 0.05) is 30.3 Å². The van der Waals surface area contributed by atoms with Crippen LogP contribution in [0.1, 0.15) is 56.1 Å². The molecule has 1 aromatic rings. The first-order chi connectivity index (χ1) is 13.5. The lowest BCUT2D eigenvalue weighted by molar-refractivity contribution is -0.132. The summed E-state index contributed by atoms with van der Waals surface area (Å²) in [5.74, 6) is 0.336. The second-order valence-corrected chi connectivity index (χ2v) is 9.79. The molecule has 3 atom stereocenters. The maximum Gasteiger partial charge on any atom is 0.260 e. The molecule has 3 fully saturated rings. The molecule has 1 aliphatic heterocycles. The summed E-state index contributed by atoms with van der Waals surface area (Å²) in [7, 11) is 1.91. The van der Waals surface area contributed by atoms with Crippen molar-refractivity contribution in [2.75, 3.05) is 7.05 Å². The summed E-state index contributed by atoms with van der Waals surface area (Å²) >= 11 is 1.72. The van der Waals surface area contributed by atoms with Crippen LogP contribution < -0.4 is 5.32 Å². The monoisotopic (exact) mass is 398 g/mol. The first-order valence-corrected chi connectivity index (χ1v) is 11.4. The Hall–Kier alpha value is -1.75. The van der Waals surface area contributed by atoms with Crippen molar-refractivity contribution in [2.24, 2.45) is 5.92 Å². The maximum atomic E-state index is 13.0. The van der Waals surface area contributed by atoms with E-state index in [4.69, 9.17) is 0 Å². The molecule has 1 N–H and O–H groups in total. The molecule has 1 saturated heterocycles. The minimum atomic E-state index is 0.0413. The van der Waals surface area contributed by atoms with Gasteiger partial charge in [-0.05, 0) is 56.2 Å². The predicted octanol–water partition coefficient (Wildman–Crippen LogP) is 4.14. The first-order valence-electron chi connectivity index (χ1n) is 10.5. The van der Waals surface area contributed by atoms with Gasteiger partial charge in [-0.15, -0.1) is 11.8 Å². The van der Waals surface area contributed by atoms with Crippen molar-refractivity contribution in [3.05, 3.63) is 40.3 Å². The number of amides is 2. The van der Waals surface area contributed by atoms with Crippen molar-refractivity contribution in [1.82, 2.24) is 10.2 Å². The number of nitrogens with zero attached hydrogens (tertiary/aromatic N) is 1. The molecule has 4 nitrogen and oxygen atoms in total. The number of likely N-dealkylation sites (N-methyl/N-ethyl adjacent to an activating group) is 1. The normalized spacial score (nSPS) is 29.8. The van der Waals surface area contributed by atoms with Crippen molar-refractivity contribution >= 4 is 29.7 Å². The van der Waals surface area contributed by atoms with Crippen molar-refractivity contribution in [2.45, 2.75) is 69.2 Å². The van der Waals surface area contributed by atoms with E-state index >= 15 is 0 Å². The quantitative estimate of drug-likeness (QED) is 0.779. The fourth-order valence-electron chi connectivity index (χ4n) is 4.81. The molecule has 3 aliphatic rings. The Morgan fingerprint density at radius 1 is 1.18 bits per heavy atom. The highest BCUT2D eigenvalue weighted by Crippen LogP contribution is 2.43. The lowest BCUT2D eigenvalue weighted by Crippen LogP contribution is -2.52. The zero-order valence-corrected chi connectivity index (χ0v) is 17.6. The Morgan fingerprint density at radius 2 is 1.93 bits per heavy atom. The Morgan fingerprint density at radius 3 is 2.68 bits per heavy atom. The van der Waals surface area contributed by atoms with Gasteiger partial charge in [0.05, 0.1) is 4.91 Å². The molecule has 0 bridgehead atoms. The lowest BCUT2D eigenvalue weighted by atomic mass is 9.83. The zero-order valence-electron chi connectivity index (χ0n) is 16.8. The minimum absolute atomic E-state index is 0.0413. The van der Waals surface area contributed by atoms with E-state index in [1.807, 2.05) is 30.2 Å². The molecular formula is C23H30N2O2S. The van der Waals surface area contributed by atoms with Gasteiger partial charge in [0.25, 0.3) is 5.91 Å². The Kier molecular flexibility index (Phi) is 5.81. The largest absolute Gasteiger partial charge is 0.353 e. The number of carbonyl (C=O) groups excluding carboxylic acids is 2. The molecule has 3 unspecified atom stereocenters. The van der Waals surface area contributed by atoms with Crippen LogP contribution in [-0.2, 0) is 9.59 Å². The first kappa shape index (κ1) is 19.6. The third-order valence-corrected chi connectivity index (χ3v) is 8.01. The maximum absolute atomic E-state index is 13.0. The van der Waals surface area contributed by atoms with E-state index in [0.717, 1.165) is 42.6 Å². The van der Waals surface area contributed by atoms with Crippen LogP contribution in [0.15, 0.2) is 29.2 Å². The molecule has 2 aliphatic carbocycles. The van der Waals surface area contributed by atoms with E-state index in [0.29, 0.717) is 11.3 Å². The van der Waals surface area contributed by atoms with E-state index in [1.165, 1.54) is 18.4 Å². The SMILES string of the molecule is Cc1ccccc1/C=C1\SC2CCC(C(=O)NC3CCCC3)CC2N(C)C1=O. The van der Waals surface area contributed by atoms with E-state index in [1.54, 1.807) is 11.8 Å². The minimum Gasteiger partial charge on any atom is -0.353 e. The Labute approximate surface area is 172 Å². The van der Waals surface area contributed by atoms with Gasteiger partial charge >= 0.3 is 0 Å². The third kappa shape index (κ3) is 4.00. The number of hydrogen-bond acceptors (Lipinski definition) is 3. The van der Waals surface area contributed by atoms with Gasteiger partial charge in [0.2, 0.25) is 5.91 Å². The summed E-state index contributed by atoms with van der Waals surface area (Å²) in [5, 5.41) is 3.64. The summed E-state index contributed by atoms with van der Waals surface area (Å²) in [5.41, 5.74) is 2.29. The second kappa shape index (κ2) is 8.32. The van der Waals surface area contributed by atoms with Crippen LogP contribution in [0.5, 0.6) is 0 Å². The number of thioether (sulfide) groups is 1. The van der Waals surface area contributed by atoms with Gasteiger partial charge in [0.15, 0.2) is 0 Å². The van der Waals surface area contributed by atoms with Crippen LogP contribution in [-0.4, -0.2) is 41.1 Å². The lowest BCUT2D eigenvalue weighted by Gasteiger charge is -2.44. The number of carbonyl (C=O) groups is 2. The van der Waals surface area contributed by atoms with Gasteiger partial charge < -0.3 is 10.2 Å². The zero-order chi connectivity index (χ0) is 19.7. The standard InChI is InChI=1S/C23H30N2O2S/c1-15-7-3-4-8-16(15)14-21-23(27)25(2)19-13-17(11-12-20(19)28-21)22(26)24-18-9-5-6-10-18/h3-4,7-8,14,17-20H,5-6,9-13H2,1-2H3,(H,24,26)/b21-14-. The van der Waals surface area contributed by atoms with Crippen molar-refractivity contribution < 1.29 is 9.59 Å². The van der Waals surface area contributed by atoms with Gasteiger partial charge in [0.1, 0.15) is 0 Å². The van der Waals surface area contributed by atoms with Crippen LogP contribution >= 0.6 is 11.8 Å². The molecule has 0 aromatic heterocycles. The average Bonchev–Trinajstić information content (AvgIpc) is 3.20. The summed E-state index contributed by atoms with van der Waals surface area (Å²) < 4.78 is 0. The highest BCUT2D eigenvalue weighted by atomic mass is 32.2. The topological polar surface area (TPSA) is 49.4 Å². The van der Waals surface area contributed by atoms with Gasteiger partial charge in [-0.3, -0.25) is 9.59 Å². The van der Waals surface area contributed by atoms with Crippen molar-refractivity contribution in [3.8, 4) is 0 Å². The van der Waals surface area contributed by atoms with Gasteiger partial charge in [-0.1, -0.05) is 37.1 Å². The molecule has 1 aromatic carbocycles. The van der Waals surface area contributed by atoms with Gasteiger partial charge in [-0.2, -0.15) is 0 Å². The van der Waals surface area contributed by atoms with Crippen LogP contribution in [0.25, 0.3) is 6.08 Å². The van der Waals surface area contributed by atoms with Crippen molar-refractivity contribution in [1.29, 1.82) is 0 Å².